The molecule has 0 aliphatic rings. The Balaban J connectivity index is 0. The van der Waals surface area contributed by atoms with E-state index in [0.29, 0.717) is 6.42 Å². The summed E-state index contributed by atoms with van der Waals surface area (Å²) in [5.74, 6) is 0. The third kappa shape index (κ3) is 18.9. The predicted molar refractivity (Wildman–Crippen MR) is 79.3 cm³/mol. The van der Waals surface area contributed by atoms with E-state index in [1.54, 1.807) is 0 Å². The van der Waals surface area contributed by atoms with Gasteiger partial charge in [-0.3, -0.25) is 4.55 Å². The molecule has 0 bridgehead atoms. The van der Waals surface area contributed by atoms with Crippen molar-refractivity contribution < 1.29 is 17.2 Å². The molecule has 0 aliphatic heterocycles. The summed E-state index contributed by atoms with van der Waals surface area (Å²) >= 11 is 0. The standard InChI is InChI=1S/C12H26O4S.Ga.3H/c1-2-3-4-5-6-7-8-9-10-11-12-16-17(13,14)15;;;;/h2-12H2,1H3,(H,13,14,15);;;;. The molecule has 0 saturated carbocycles. The van der Waals surface area contributed by atoms with Crippen molar-refractivity contribution in [2.24, 2.45) is 0 Å². The second kappa shape index (κ2) is 13.9. The first-order chi connectivity index (χ1) is 8.06. The molecule has 0 aliphatic carbocycles. The minimum absolute atomic E-state index is 0. The molecule has 0 aromatic carbocycles. The van der Waals surface area contributed by atoms with Gasteiger partial charge in [0.2, 0.25) is 0 Å². The first-order valence-corrected chi connectivity index (χ1v) is 8.04. The van der Waals surface area contributed by atoms with Crippen LogP contribution < -0.4 is 0 Å². The molecular weight excluding hydrogens is 310 g/mol. The zero-order valence-electron chi connectivity index (χ0n) is 10.9. The molecule has 110 valence electrons. The van der Waals surface area contributed by atoms with Gasteiger partial charge >= 0.3 is 30.2 Å². The first kappa shape index (κ1) is 20.8. The van der Waals surface area contributed by atoms with Gasteiger partial charge in [0.05, 0.1) is 6.61 Å². The zero-order chi connectivity index (χ0) is 13.0. The normalized spacial score (nSPS) is 11.2. The summed E-state index contributed by atoms with van der Waals surface area (Å²) in [6.45, 7) is 2.31. The Hall–Kier alpha value is 0.506. The number of hydrogen-bond donors (Lipinski definition) is 1. The van der Waals surface area contributed by atoms with Crippen LogP contribution in [0.3, 0.4) is 0 Å². The summed E-state index contributed by atoms with van der Waals surface area (Å²) < 4.78 is 33.0. The average molecular weight is 339 g/mol. The van der Waals surface area contributed by atoms with Crippen LogP contribution in [-0.2, 0) is 14.6 Å². The first-order valence-electron chi connectivity index (χ1n) is 6.68. The van der Waals surface area contributed by atoms with E-state index < -0.39 is 10.4 Å². The van der Waals surface area contributed by atoms with Gasteiger partial charge in [0.15, 0.2) is 0 Å². The average Bonchev–Trinajstić information content (AvgIpc) is 2.24. The second-order valence-corrected chi connectivity index (χ2v) is 5.52. The van der Waals surface area contributed by atoms with Gasteiger partial charge in [-0.15, -0.1) is 0 Å². The van der Waals surface area contributed by atoms with Crippen molar-refractivity contribution in [3.63, 3.8) is 0 Å². The van der Waals surface area contributed by atoms with Crippen LogP contribution in [0.25, 0.3) is 0 Å². The number of unbranched alkanes of at least 4 members (excludes halogenated alkanes) is 9. The summed E-state index contributed by atoms with van der Waals surface area (Å²) in [6.07, 6.45) is 11.9. The molecule has 0 heterocycles. The maximum absolute atomic E-state index is 10.2. The Morgan fingerprint density at radius 2 is 1.22 bits per heavy atom. The Morgan fingerprint density at radius 1 is 0.833 bits per heavy atom. The quantitative estimate of drug-likeness (QED) is 0.337. The van der Waals surface area contributed by atoms with E-state index in [1.165, 1.54) is 44.9 Å². The Bertz CT molecular complexity index is 255. The second-order valence-electron chi connectivity index (χ2n) is 4.43. The third-order valence-corrected chi connectivity index (χ3v) is 3.19. The van der Waals surface area contributed by atoms with Crippen LogP contribution in [-0.4, -0.2) is 39.4 Å². The summed E-state index contributed by atoms with van der Waals surface area (Å²) in [5, 5.41) is 0. The van der Waals surface area contributed by atoms with Gasteiger partial charge < -0.3 is 0 Å². The van der Waals surface area contributed by atoms with Crippen LogP contribution in [0, 0.1) is 0 Å². The fraction of sp³-hybridized carbons (Fsp3) is 1.00. The molecule has 0 saturated heterocycles. The molecule has 0 aromatic rings. The fourth-order valence-electron chi connectivity index (χ4n) is 1.75. The molecule has 0 atom stereocenters. The van der Waals surface area contributed by atoms with Gasteiger partial charge in [-0.05, 0) is 6.42 Å². The summed E-state index contributed by atoms with van der Waals surface area (Å²) in [6, 6.07) is 0. The van der Waals surface area contributed by atoms with E-state index in [2.05, 4.69) is 11.1 Å². The van der Waals surface area contributed by atoms with E-state index in [1.807, 2.05) is 0 Å². The van der Waals surface area contributed by atoms with E-state index >= 15 is 0 Å². The van der Waals surface area contributed by atoms with Gasteiger partial charge in [0, 0.05) is 0 Å². The van der Waals surface area contributed by atoms with E-state index in [4.69, 9.17) is 4.55 Å². The van der Waals surface area contributed by atoms with Crippen molar-refractivity contribution in [1.82, 2.24) is 0 Å². The van der Waals surface area contributed by atoms with Crippen LogP contribution in [0.2, 0.25) is 0 Å². The van der Waals surface area contributed by atoms with Crippen molar-refractivity contribution in [3.8, 4) is 0 Å². The van der Waals surface area contributed by atoms with Gasteiger partial charge in [0.1, 0.15) is 0 Å². The topological polar surface area (TPSA) is 63.6 Å². The van der Waals surface area contributed by atoms with Crippen LogP contribution >= 0.6 is 0 Å². The summed E-state index contributed by atoms with van der Waals surface area (Å²) in [5.41, 5.74) is 0. The monoisotopic (exact) mass is 338 g/mol. The molecular formula is C12H29GaO4S. The van der Waals surface area contributed by atoms with Gasteiger partial charge in [-0.2, -0.15) is 8.42 Å². The molecule has 1 N–H and O–H groups in total. The maximum atomic E-state index is 10.2. The van der Waals surface area contributed by atoms with Gasteiger partial charge in [-0.1, -0.05) is 64.7 Å². The van der Waals surface area contributed by atoms with E-state index in [9.17, 15) is 8.42 Å². The van der Waals surface area contributed by atoms with Crippen LogP contribution in [0.15, 0.2) is 0 Å². The van der Waals surface area contributed by atoms with Crippen molar-refractivity contribution in [3.05, 3.63) is 0 Å². The van der Waals surface area contributed by atoms with E-state index in [0.717, 1.165) is 12.8 Å². The molecule has 0 amide bonds. The fourth-order valence-corrected chi connectivity index (χ4v) is 2.08. The third-order valence-electron chi connectivity index (χ3n) is 2.73. The summed E-state index contributed by atoms with van der Waals surface area (Å²) in [7, 11) is -4.23. The molecule has 0 spiro atoms. The van der Waals surface area contributed by atoms with Crippen molar-refractivity contribution in [2.75, 3.05) is 6.61 Å². The molecule has 0 aromatic heterocycles. The van der Waals surface area contributed by atoms with Crippen molar-refractivity contribution >= 4 is 30.2 Å². The molecule has 0 unspecified atom stereocenters. The predicted octanol–water partition coefficient (Wildman–Crippen LogP) is 2.54. The molecule has 4 nitrogen and oxygen atoms in total. The zero-order valence-corrected chi connectivity index (χ0v) is 11.7. The molecule has 0 fully saturated rings. The molecule has 0 rings (SSSR count). The Kier molecular flexibility index (Phi) is 16.1. The Labute approximate surface area is 125 Å². The van der Waals surface area contributed by atoms with Crippen molar-refractivity contribution in [2.45, 2.75) is 71.1 Å². The molecule has 6 heteroatoms. The van der Waals surface area contributed by atoms with Crippen LogP contribution in [0.1, 0.15) is 71.1 Å². The van der Waals surface area contributed by atoms with Gasteiger partial charge in [-0.25, -0.2) is 4.18 Å². The summed E-state index contributed by atoms with van der Waals surface area (Å²) in [4.78, 5) is 0. The SMILES string of the molecule is CCCCCCCCCCCCOS(=O)(=O)O.[GaH3]. The molecule has 18 heavy (non-hydrogen) atoms. The number of rotatable bonds is 12. The van der Waals surface area contributed by atoms with Crippen LogP contribution in [0.4, 0.5) is 0 Å². The van der Waals surface area contributed by atoms with Crippen LogP contribution in [0.5, 0.6) is 0 Å². The number of hydrogen-bond acceptors (Lipinski definition) is 3. The van der Waals surface area contributed by atoms with Crippen molar-refractivity contribution in [1.29, 1.82) is 0 Å². The minimum atomic E-state index is -4.23. The molecule has 0 radical (unpaired) electrons. The van der Waals surface area contributed by atoms with Gasteiger partial charge in [0.25, 0.3) is 0 Å². The van der Waals surface area contributed by atoms with E-state index in [-0.39, 0.29) is 26.4 Å². The Morgan fingerprint density at radius 3 is 1.61 bits per heavy atom.